The van der Waals surface area contributed by atoms with Crippen LogP contribution in [0.5, 0.6) is 0 Å². The van der Waals surface area contributed by atoms with Crippen LogP contribution in [-0.4, -0.2) is 38.1 Å². The van der Waals surface area contributed by atoms with Crippen molar-refractivity contribution in [1.29, 1.82) is 0 Å². The van der Waals surface area contributed by atoms with Crippen LogP contribution in [0.3, 0.4) is 0 Å². The molecule has 1 aliphatic carbocycles. The van der Waals surface area contributed by atoms with Gasteiger partial charge in [-0.15, -0.1) is 6.58 Å². The van der Waals surface area contributed by atoms with Gasteiger partial charge in [0.2, 0.25) is 0 Å². The first-order valence-electron chi connectivity index (χ1n) is 14.6. The van der Waals surface area contributed by atoms with E-state index in [0.29, 0.717) is 6.04 Å². The molecule has 196 valence electrons. The lowest BCUT2D eigenvalue weighted by Crippen LogP contribution is -2.42. The molecular weight excluding hydrogens is 426 g/mol. The number of likely N-dealkylation sites (N-methyl/N-ethyl adjacent to an activating group) is 1. The van der Waals surface area contributed by atoms with Gasteiger partial charge in [-0.1, -0.05) is 75.8 Å². The van der Waals surface area contributed by atoms with Crippen molar-refractivity contribution >= 4 is 0 Å². The molecule has 1 heterocycles. The van der Waals surface area contributed by atoms with E-state index in [1.54, 1.807) is 16.7 Å². The summed E-state index contributed by atoms with van der Waals surface area (Å²) in [5, 5.41) is 6.65. The van der Waals surface area contributed by atoms with Gasteiger partial charge in [0.15, 0.2) is 0 Å². The van der Waals surface area contributed by atoms with Crippen LogP contribution in [0, 0.1) is 11.8 Å². The van der Waals surface area contributed by atoms with E-state index in [4.69, 9.17) is 0 Å². The lowest BCUT2D eigenvalue weighted by atomic mass is 9.79. The predicted octanol–water partition coefficient (Wildman–Crippen LogP) is 7.02. The van der Waals surface area contributed by atoms with Crippen LogP contribution >= 0.6 is 0 Å². The van der Waals surface area contributed by atoms with Gasteiger partial charge in [-0.2, -0.15) is 0 Å². The number of benzene rings is 1. The first-order valence-corrected chi connectivity index (χ1v) is 14.6. The highest BCUT2D eigenvalue weighted by Crippen LogP contribution is 2.33. The normalized spacial score (nSPS) is 18.6. The minimum Gasteiger partial charge on any atom is -0.391 e. The predicted molar refractivity (Wildman–Crippen MR) is 153 cm³/mol. The highest BCUT2D eigenvalue weighted by Gasteiger charge is 2.25. The Labute approximate surface area is 216 Å². The summed E-state index contributed by atoms with van der Waals surface area (Å²) in [6.07, 6.45) is 20.8. The van der Waals surface area contributed by atoms with Gasteiger partial charge in [0.25, 0.3) is 0 Å². The molecule has 0 radical (unpaired) electrons. The lowest BCUT2D eigenvalue weighted by Gasteiger charge is -2.37. The third-order valence-corrected chi connectivity index (χ3v) is 8.64. The average molecular weight is 480 g/mol. The maximum Gasteiger partial charge on any atom is 0.0495 e. The fraction of sp³-hybridized carbons (Fsp3) is 0.688. The topological polar surface area (TPSA) is 27.3 Å². The van der Waals surface area contributed by atoms with Gasteiger partial charge in [0.1, 0.15) is 0 Å². The minimum atomic E-state index is 0.382. The van der Waals surface area contributed by atoms with Crippen molar-refractivity contribution in [3.8, 4) is 0 Å². The summed E-state index contributed by atoms with van der Waals surface area (Å²) < 4.78 is 0. The van der Waals surface area contributed by atoms with Crippen LogP contribution < -0.4 is 10.6 Å². The average Bonchev–Trinajstić information content (AvgIpc) is 2.89. The molecule has 3 heteroatoms. The number of allylic oxidation sites excluding steroid dienone is 1. The first kappa shape index (κ1) is 28.0. The van der Waals surface area contributed by atoms with E-state index in [0.717, 1.165) is 56.4 Å². The second-order valence-corrected chi connectivity index (χ2v) is 11.2. The largest absolute Gasteiger partial charge is 0.391 e. The first-order chi connectivity index (χ1) is 17.1. The fourth-order valence-corrected chi connectivity index (χ4v) is 6.45. The zero-order chi connectivity index (χ0) is 24.9. The van der Waals surface area contributed by atoms with Crippen LogP contribution in [-0.2, 0) is 19.4 Å². The molecule has 0 amide bonds. The molecule has 0 bridgehead atoms. The molecule has 2 atom stereocenters. The minimum absolute atomic E-state index is 0.382. The highest BCUT2D eigenvalue weighted by atomic mass is 15.2. The van der Waals surface area contributed by atoms with E-state index >= 15 is 0 Å². The quantitative estimate of drug-likeness (QED) is 0.197. The van der Waals surface area contributed by atoms with Gasteiger partial charge >= 0.3 is 0 Å². The number of rotatable bonds is 16. The molecule has 2 aliphatic rings. The molecule has 1 aliphatic heterocycles. The van der Waals surface area contributed by atoms with Crippen molar-refractivity contribution < 1.29 is 0 Å². The van der Waals surface area contributed by atoms with Crippen molar-refractivity contribution in [2.75, 3.05) is 27.2 Å². The number of hydrogen-bond acceptors (Lipinski definition) is 3. The van der Waals surface area contributed by atoms with Crippen molar-refractivity contribution in [3.63, 3.8) is 0 Å². The Hall–Kier alpha value is -1.58. The van der Waals surface area contributed by atoms with Crippen molar-refractivity contribution in [2.45, 2.75) is 102 Å². The summed E-state index contributed by atoms with van der Waals surface area (Å²) in [5.74, 6) is 1.88. The summed E-state index contributed by atoms with van der Waals surface area (Å²) >= 11 is 0. The van der Waals surface area contributed by atoms with Gasteiger partial charge in [0.05, 0.1) is 0 Å². The van der Waals surface area contributed by atoms with Crippen LogP contribution in [0.1, 0.15) is 93.7 Å². The molecule has 0 saturated heterocycles. The lowest BCUT2D eigenvalue weighted by molar-refractivity contribution is 0.190. The standard InChI is InChI=1S/C32H53N3/c1-5-6-15-32(26(2)34-4)35-22-20-30-19-18-29(24-31(30)25-35)17-16-28(14-10-11-21-33-3)23-27-12-8-7-9-13-27/h5,18-19,24,27-28,32-34H,1-2,6-17,20-23,25H2,3-4H3. The van der Waals surface area contributed by atoms with Gasteiger partial charge in [-0.05, 0) is 87.1 Å². The van der Waals surface area contributed by atoms with Crippen molar-refractivity contribution in [2.24, 2.45) is 11.8 Å². The number of hydrogen-bond donors (Lipinski definition) is 2. The molecule has 0 aromatic heterocycles. The number of unbranched alkanes of at least 4 members (excludes halogenated alkanes) is 1. The van der Waals surface area contributed by atoms with Gasteiger partial charge in [0, 0.05) is 31.9 Å². The van der Waals surface area contributed by atoms with Crippen LogP contribution in [0.25, 0.3) is 0 Å². The van der Waals surface area contributed by atoms with Gasteiger partial charge in [-0.3, -0.25) is 4.90 Å². The molecule has 1 fully saturated rings. The molecule has 3 rings (SSSR count). The van der Waals surface area contributed by atoms with Crippen LogP contribution in [0.15, 0.2) is 43.1 Å². The smallest absolute Gasteiger partial charge is 0.0495 e. The summed E-state index contributed by atoms with van der Waals surface area (Å²) in [5.41, 5.74) is 5.77. The zero-order valence-corrected chi connectivity index (χ0v) is 22.9. The third-order valence-electron chi connectivity index (χ3n) is 8.64. The molecule has 35 heavy (non-hydrogen) atoms. The Morgan fingerprint density at radius 2 is 1.91 bits per heavy atom. The Morgan fingerprint density at radius 1 is 1.09 bits per heavy atom. The van der Waals surface area contributed by atoms with E-state index < -0.39 is 0 Å². The Bertz CT molecular complexity index is 764. The zero-order valence-electron chi connectivity index (χ0n) is 22.9. The SMILES string of the molecule is C=CCCC(C(=C)NC)N1CCc2ccc(CCC(CCCCNC)CC3CCCCC3)cc2C1. The number of nitrogens with one attached hydrogen (secondary N) is 2. The highest BCUT2D eigenvalue weighted by molar-refractivity contribution is 5.34. The summed E-state index contributed by atoms with van der Waals surface area (Å²) in [6, 6.07) is 7.77. The molecule has 2 unspecified atom stereocenters. The molecular formula is C32H53N3. The second-order valence-electron chi connectivity index (χ2n) is 11.2. The Kier molecular flexibility index (Phi) is 12.4. The molecule has 3 nitrogen and oxygen atoms in total. The van der Waals surface area contributed by atoms with Crippen LogP contribution in [0.2, 0.25) is 0 Å². The van der Waals surface area contributed by atoms with E-state index in [-0.39, 0.29) is 0 Å². The fourth-order valence-electron chi connectivity index (χ4n) is 6.45. The van der Waals surface area contributed by atoms with Crippen LogP contribution in [0.4, 0.5) is 0 Å². The Morgan fingerprint density at radius 3 is 2.66 bits per heavy atom. The molecule has 1 aromatic carbocycles. The van der Waals surface area contributed by atoms with E-state index in [1.165, 1.54) is 70.6 Å². The summed E-state index contributed by atoms with van der Waals surface area (Å²) in [6.45, 7) is 11.6. The number of aryl methyl sites for hydroxylation is 1. The number of fused-ring (bicyclic) bond motifs is 1. The Balaban J connectivity index is 1.60. The third kappa shape index (κ3) is 9.10. The molecule has 1 saturated carbocycles. The van der Waals surface area contributed by atoms with E-state index in [2.05, 4.69) is 53.9 Å². The molecule has 2 N–H and O–H groups in total. The summed E-state index contributed by atoms with van der Waals surface area (Å²) in [4.78, 5) is 2.63. The van der Waals surface area contributed by atoms with E-state index in [1.807, 2.05) is 13.1 Å². The van der Waals surface area contributed by atoms with Crippen molar-refractivity contribution in [3.05, 3.63) is 59.8 Å². The second kappa shape index (κ2) is 15.5. The molecule has 0 spiro atoms. The molecule has 1 aromatic rings. The number of nitrogens with zero attached hydrogens (tertiary/aromatic N) is 1. The maximum absolute atomic E-state index is 4.32. The van der Waals surface area contributed by atoms with Gasteiger partial charge < -0.3 is 10.6 Å². The maximum atomic E-state index is 4.32. The van der Waals surface area contributed by atoms with Gasteiger partial charge in [-0.25, -0.2) is 0 Å². The van der Waals surface area contributed by atoms with E-state index in [9.17, 15) is 0 Å². The summed E-state index contributed by atoms with van der Waals surface area (Å²) in [7, 11) is 4.08. The van der Waals surface area contributed by atoms with Crippen molar-refractivity contribution in [1.82, 2.24) is 15.5 Å². The monoisotopic (exact) mass is 479 g/mol.